The van der Waals surface area contributed by atoms with E-state index in [2.05, 4.69) is 5.10 Å². The minimum Gasteiger partial charge on any atom is -0.485 e. The Balaban J connectivity index is 1.49. The number of ether oxygens (including phenoxy) is 1. The summed E-state index contributed by atoms with van der Waals surface area (Å²) in [4.78, 5) is 14.0. The third kappa shape index (κ3) is 2.85. The molecule has 4 rings (SSSR count). The largest absolute Gasteiger partial charge is 0.485 e. The molecule has 5 nitrogen and oxygen atoms in total. The molecule has 1 spiro atoms. The number of amides is 1. The van der Waals surface area contributed by atoms with Crippen molar-refractivity contribution in [1.29, 1.82) is 0 Å². The van der Waals surface area contributed by atoms with Gasteiger partial charge in [0.05, 0.1) is 6.54 Å². The average molecular weight is 351 g/mol. The number of aromatic amines is 1. The van der Waals surface area contributed by atoms with Crippen LogP contribution in [0.1, 0.15) is 34.6 Å². The van der Waals surface area contributed by atoms with E-state index in [0.29, 0.717) is 19.5 Å². The first-order valence-electron chi connectivity index (χ1n) is 8.05. The number of H-pyrrole nitrogens is 1. The van der Waals surface area contributed by atoms with E-state index < -0.39 is 23.4 Å². The standard InChI is InChI=1S/C17H16F3N3O2/c18-17(19,20)14-9-12(21-22-14)15(24)23-8-7-16(10-23)6-5-11-3-1-2-4-13(11)25-16/h1-4,9H,5-8,10H2,(H,21,22)/t16-/m1/s1. The van der Waals surface area contributed by atoms with Crippen LogP contribution in [0.3, 0.4) is 0 Å². The molecule has 1 amide bonds. The molecule has 1 fully saturated rings. The third-order valence-corrected chi connectivity index (χ3v) is 4.85. The van der Waals surface area contributed by atoms with Crippen LogP contribution in [0.5, 0.6) is 5.75 Å². The number of fused-ring (bicyclic) bond motifs is 1. The average Bonchev–Trinajstić information content (AvgIpc) is 3.22. The van der Waals surface area contributed by atoms with Gasteiger partial charge in [-0.05, 0) is 24.5 Å². The molecule has 8 heteroatoms. The number of nitrogens with one attached hydrogen (secondary N) is 1. The molecule has 1 aromatic carbocycles. The lowest BCUT2D eigenvalue weighted by Crippen LogP contribution is -2.43. The Morgan fingerprint density at radius 3 is 2.84 bits per heavy atom. The Kier molecular flexibility index (Phi) is 3.52. The second-order valence-electron chi connectivity index (χ2n) is 6.53. The Morgan fingerprint density at radius 2 is 2.08 bits per heavy atom. The van der Waals surface area contributed by atoms with Crippen molar-refractivity contribution in [3.8, 4) is 5.75 Å². The van der Waals surface area contributed by atoms with Gasteiger partial charge in [0, 0.05) is 19.0 Å². The molecule has 25 heavy (non-hydrogen) atoms. The van der Waals surface area contributed by atoms with Gasteiger partial charge in [0.1, 0.15) is 17.0 Å². The van der Waals surface area contributed by atoms with Crippen LogP contribution in [0, 0.1) is 0 Å². The lowest BCUT2D eigenvalue weighted by molar-refractivity contribution is -0.141. The summed E-state index contributed by atoms with van der Waals surface area (Å²) < 4.78 is 44.1. The first-order valence-corrected chi connectivity index (χ1v) is 8.05. The molecule has 2 aliphatic heterocycles. The fourth-order valence-electron chi connectivity index (χ4n) is 3.50. The predicted octanol–water partition coefficient (Wildman–Crippen LogP) is 3.04. The molecular formula is C17H16F3N3O2. The van der Waals surface area contributed by atoms with Gasteiger partial charge in [0.25, 0.3) is 5.91 Å². The summed E-state index contributed by atoms with van der Waals surface area (Å²) in [7, 11) is 0. The van der Waals surface area contributed by atoms with Crippen molar-refractivity contribution >= 4 is 5.91 Å². The lowest BCUT2D eigenvalue weighted by atomic mass is 9.90. The van der Waals surface area contributed by atoms with Crippen molar-refractivity contribution in [1.82, 2.24) is 15.1 Å². The van der Waals surface area contributed by atoms with Crippen LogP contribution in [0.15, 0.2) is 30.3 Å². The van der Waals surface area contributed by atoms with Gasteiger partial charge >= 0.3 is 6.18 Å². The van der Waals surface area contributed by atoms with Crippen LogP contribution in [-0.2, 0) is 12.6 Å². The molecule has 0 radical (unpaired) electrons. The van der Waals surface area contributed by atoms with Crippen molar-refractivity contribution in [2.45, 2.75) is 31.0 Å². The number of nitrogens with zero attached hydrogens (tertiary/aromatic N) is 2. The fraction of sp³-hybridized carbons (Fsp3) is 0.412. The molecule has 3 heterocycles. The van der Waals surface area contributed by atoms with Crippen LogP contribution < -0.4 is 4.74 Å². The third-order valence-electron chi connectivity index (χ3n) is 4.85. The maximum absolute atomic E-state index is 12.7. The van der Waals surface area contributed by atoms with Crippen LogP contribution in [-0.4, -0.2) is 39.7 Å². The van der Waals surface area contributed by atoms with Gasteiger partial charge in [-0.1, -0.05) is 18.2 Å². The van der Waals surface area contributed by atoms with Crippen molar-refractivity contribution in [2.75, 3.05) is 13.1 Å². The van der Waals surface area contributed by atoms with E-state index >= 15 is 0 Å². The number of likely N-dealkylation sites (tertiary alicyclic amines) is 1. The highest BCUT2D eigenvalue weighted by Crippen LogP contribution is 2.39. The summed E-state index contributed by atoms with van der Waals surface area (Å²) >= 11 is 0. The van der Waals surface area contributed by atoms with Gasteiger partial charge in [0.2, 0.25) is 0 Å². The van der Waals surface area contributed by atoms with Gasteiger partial charge in [-0.2, -0.15) is 18.3 Å². The van der Waals surface area contributed by atoms with E-state index in [1.807, 2.05) is 29.4 Å². The molecule has 1 N–H and O–H groups in total. The van der Waals surface area contributed by atoms with E-state index in [-0.39, 0.29) is 5.69 Å². The molecule has 0 aliphatic carbocycles. The molecule has 1 saturated heterocycles. The monoisotopic (exact) mass is 351 g/mol. The normalized spacial score (nSPS) is 22.8. The maximum Gasteiger partial charge on any atom is 0.432 e. The molecule has 2 aromatic rings. The lowest BCUT2D eigenvalue weighted by Gasteiger charge is -2.35. The zero-order valence-corrected chi connectivity index (χ0v) is 13.3. The molecular weight excluding hydrogens is 335 g/mol. The van der Waals surface area contributed by atoms with Gasteiger partial charge in [0.15, 0.2) is 5.69 Å². The van der Waals surface area contributed by atoms with Crippen molar-refractivity contribution in [2.24, 2.45) is 0 Å². The predicted molar refractivity (Wildman–Crippen MR) is 82.2 cm³/mol. The molecule has 0 unspecified atom stereocenters. The molecule has 1 atom stereocenters. The Labute approximate surface area is 141 Å². The van der Waals surface area contributed by atoms with Crippen LogP contribution in [0.4, 0.5) is 13.2 Å². The van der Waals surface area contributed by atoms with Crippen molar-refractivity contribution < 1.29 is 22.7 Å². The van der Waals surface area contributed by atoms with E-state index in [4.69, 9.17) is 4.74 Å². The van der Waals surface area contributed by atoms with Crippen LogP contribution in [0.25, 0.3) is 0 Å². The first-order chi connectivity index (χ1) is 11.9. The molecule has 0 saturated carbocycles. The second kappa shape index (κ2) is 5.50. The Morgan fingerprint density at radius 1 is 1.28 bits per heavy atom. The number of benzene rings is 1. The summed E-state index contributed by atoms with van der Waals surface area (Å²) in [6.07, 6.45) is -2.25. The highest BCUT2D eigenvalue weighted by Gasteiger charge is 2.45. The molecule has 1 aromatic heterocycles. The molecule has 132 valence electrons. The van der Waals surface area contributed by atoms with Gasteiger partial charge in [-0.3, -0.25) is 9.89 Å². The van der Waals surface area contributed by atoms with Crippen LogP contribution >= 0.6 is 0 Å². The van der Waals surface area contributed by atoms with E-state index in [9.17, 15) is 18.0 Å². The number of carbonyl (C=O) groups excluding carboxylic acids is 1. The molecule has 0 bridgehead atoms. The highest BCUT2D eigenvalue weighted by molar-refractivity contribution is 5.92. The minimum absolute atomic E-state index is 0.222. The first kappa shape index (κ1) is 16.0. The number of carbonyl (C=O) groups is 1. The highest BCUT2D eigenvalue weighted by atomic mass is 19.4. The summed E-state index contributed by atoms with van der Waals surface area (Å²) in [5, 5.41) is 5.40. The smallest absolute Gasteiger partial charge is 0.432 e. The van der Waals surface area contributed by atoms with E-state index in [1.54, 1.807) is 0 Å². The zero-order valence-electron chi connectivity index (χ0n) is 13.3. The number of aromatic nitrogens is 2. The number of hydrogen-bond acceptors (Lipinski definition) is 3. The Bertz CT molecular complexity index is 817. The van der Waals surface area contributed by atoms with Crippen molar-refractivity contribution in [3.05, 3.63) is 47.3 Å². The number of halogens is 3. The van der Waals surface area contributed by atoms with E-state index in [0.717, 1.165) is 30.2 Å². The summed E-state index contributed by atoms with van der Waals surface area (Å²) in [5.41, 5.74) is -0.569. The van der Waals surface area contributed by atoms with Gasteiger partial charge in [-0.15, -0.1) is 0 Å². The SMILES string of the molecule is O=C(c1cc(C(F)(F)F)[nH]n1)N1CC[C@]2(CCc3ccccc3O2)C1. The fourth-order valence-corrected chi connectivity index (χ4v) is 3.50. The van der Waals surface area contributed by atoms with Gasteiger partial charge < -0.3 is 9.64 Å². The number of hydrogen-bond donors (Lipinski definition) is 1. The number of alkyl halides is 3. The number of para-hydroxylation sites is 1. The number of aryl methyl sites for hydroxylation is 1. The van der Waals surface area contributed by atoms with Crippen LogP contribution in [0.2, 0.25) is 0 Å². The summed E-state index contributed by atoms with van der Waals surface area (Å²) in [6.45, 7) is 0.795. The zero-order chi connectivity index (χ0) is 17.7. The van der Waals surface area contributed by atoms with Gasteiger partial charge in [-0.25, -0.2) is 0 Å². The Hall–Kier alpha value is -2.51. The second-order valence-corrected chi connectivity index (χ2v) is 6.53. The van der Waals surface area contributed by atoms with E-state index in [1.165, 1.54) is 4.90 Å². The number of rotatable bonds is 1. The quantitative estimate of drug-likeness (QED) is 0.859. The summed E-state index contributed by atoms with van der Waals surface area (Å²) in [6, 6.07) is 8.54. The minimum atomic E-state index is -4.55. The maximum atomic E-state index is 12.7. The van der Waals surface area contributed by atoms with Crippen molar-refractivity contribution in [3.63, 3.8) is 0 Å². The topological polar surface area (TPSA) is 58.2 Å². The molecule has 2 aliphatic rings. The summed E-state index contributed by atoms with van der Waals surface area (Å²) in [5.74, 6) is 0.313.